The number of hydrogen-bond donors (Lipinski definition) is 2. The van der Waals surface area contributed by atoms with Crippen LogP contribution in [0.15, 0.2) is 42.5 Å². The molecule has 0 unspecified atom stereocenters. The van der Waals surface area contributed by atoms with Gasteiger partial charge in [-0.2, -0.15) is 0 Å². The Kier molecular flexibility index (Phi) is 6.07. The Morgan fingerprint density at radius 1 is 1.17 bits per heavy atom. The van der Waals surface area contributed by atoms with E-state index in [4.69, 9.17) is 14.5 Å². The number of benzene rings is 2. The average molecular weight is 409 g/mol. The maximum Gasteiger partial charge on any atom is 0.318 e. The van der Waals surface area contributed by atoms with Crippen LogP contribution < -0.4 is 14.8 Å². The quantitative estimate of drug-likeness (QED) is 0.645. The molecular weight excluding hydrogens is 380 g/mol. The number of urea groups is 1. The summed E-state index contributed by atoms with van der Waals surface area (Å²) < 4.78 is 10.6. The van der Waals surface area contributed by atoms with Gasteiger partial charge in [-0.05, 0) is 55.5 Å². The van der Waals surface area contributed by atoms with E-state index in [-0.39, 0.29) is 12.1 Å². The molecule has 1 atom stereocenters. The lowest BCUT2D eigenvalue weighted by Gasteiger charge is -2.34. The zero-order chi connectivity index (χ0) is 20.9. The van der Waals surface area contributed by atoms with Crippen molar-refractivity contribution in [3.05, 3.63) is 53.9 Å². The number of carbonyl (C=O) groups is 1. The van der Waals surface area contributed by atoms with E-state index in [1.165, 1.54) is 0 Å². The van der Waals surface area contributed by atoms with E-state index in [0.717, 1.165) is 54.6 Å². The van der Waals surface area contributed by atoms with Crippen LogP contribution in [0.2, 0.25) is 0 Å². The first-order chi connectivity index (χ1) is 14.7. The molecular formula is C23H28N4O3. The number of likely N-dealkylation sites (tertiary alicyclic amines) is 1. The average Bonchev–Trinajstić information content (AvgIpc) is 3.23. The number of rotatable bonds is 6. The minimum Gasteiger partial charge on any atom is -0.493 e. The standard InChI is InChI=1S/C23H28N4O3/c1-29-20-11-10-16(15-21(20)30-2)12-13-24-23(28)27-14-6-5-9-19(27)22-25-17-7-3-4-8-18(17)26-22/h3-4,7-8,10-11,15,19H,5-6,9,12-14H2,1-2H3,(H,24,28)(H,25,26)/t19-/m0/s1. The summed E-state index contributed by atoms with van der Waals surface area (Å²) in [5, 5.41) is 3.07. The van der Waals surface area contributed by atoms with Gasteiger partial charge >= 0.3 is 6.03 Å². The van der Waals surface area contributed by atoms with Crippen LogP contribution in [0, 0.1) is 0 Å². The zero-order valence-corrected chi connectivity index (χ0v) is 17.5. The predicted molar refractivity (Wildman–Crippen MR) is 116 cm³/mol. The second-order valence-corrected chi connectivity index (χ2v) is 7.52. The van der Waals surface area contributed by atoms with Crippen LogP contribution >= 0.6 is 0 Å². The summed E-state index contributed by atoms with van der Waals surface area (Å²) in [5.41, 5.74) is 3.03. The number of ether oxygens (including phenoxy) is 2. The number of aromatic nitrogens is 2. The Morgan fingerprint density at radius 2 is 2.00 bits per heavy atom. The summed E-state index contributed by atoms with van der Waals surface area (Å²) in [6.07, 6.45) is 3.75. The fraction of sp³-hybridized carbons (Fsp3) is 0.391. The SMILES string of the molecule is COc1ccc(CCNC(=O)N2CCCC[C@H]2c2nc3ccccc3[nH]2)cc1OC. The third-order valence-electron chi connectivity index (χ3n) is 5.62. The van der Waals surface area contributed by atoms with Crippen molar-refractivity contribution in [3.63, 3.8) is 0 Å². The molecule has 0 radical (unpaired) electrons. The Hall–Kier alpha value is -3.22. The summed E-state index contributed by atoms with van der Waals surface area (Å²) >= 11 is 0. The number of nitrogens with one attached hydrogen (secondary N) is 2. The highest BCUT2D eigenvalue weighted by molar-refractivity contribution is 5.76. The van der Waals surface area contributed by atoms with Gasteiger partial charge in [-0.3, -0.25) is 0 Å². The van der Waals surface area contributed by atoms with E-state index in [1.807, 2.05) is 47.4 Å². The van der Waals surface area contributed by atoms with Gasteiger partial charge in [0, 0.05) is 13.1 Å². The molecule has 2 aromatic carbocycles. The lowest BCUT2D eigenvalue weighted by Crippen LogP contribution is -2.45. The van der Waals surface area contributed by atoms with Crippen LogP contribution in [-0.2, 0) is 6.42 Å². The number of imidazole rings is 1. The summed E-state index contributed by atoms with van der Waals surface area (Å²) in [6.45, 7) is 1.29. The van der Waals surface area contributed by atoms with Crippen molar-refractivity contribution < 1.29 is 14.3 Å². The first kappa shape index (κ1) is 20.1. The van der Waals surface area contributed by atoms with Gasteiger partial charge in [0.2, 0.25) is 0 Å². The molecule has 1 aliphatic rings. The van der Waals surface area contributed by atoms with Crippen molar-refractivity contribution in [1.29, 1.82) is 0 Å². The number of aromatic amines is 1. The first-order valence-electron chi connectivity index (χ1n) is 10.4. The van der Waals surface area contributed by atoms with Crippen LogP contribution in [0.3, 0.4) is 0 Å². The number of carbonyl (C=O) groups excluding carboxylic acids is 1. The van der Waals surface area contributed by atoms with Crippen molar-refractivity contribution >= 4 is 17.1 Å². The predicted octanol–water partition coefficient (Wildman–Crippen LogP) is 4.06. The third kappa shape index (κ3) is 4.20. The number of hydrogen-bond acceptors (Lipinski definition) is 4. The van der Waals surface area contributed by atoms with Crippen molar-refractivity contribution in [2.45, 2.75) is 31.7 Å². The van der Waals surface area contributed by atoms with Crippen LogP contribution in [0.4, 0.5) is 4.79 Å². The normalized spacial score (nSPS) is 16.5. The molecule has 0 bridgehead atoms. The second kappa shape index (κ2) is 9.07. The van der Waals surface area contributed by atoms with Gasteiger partial charge in [0.05, 0.1) is 31.3 Å². The first-order valence-corrected chi connectivity index (χ1v) is 10.4. The minimum atomic E-state index is -0.0411. The molecule has 2 heterocycles. The highest BCUT2D eigenvalue weighted by Gasteiger charge is 2.30. The second-order valence-electron chi connectivity index (χ2n) is 7.52. The van der Waals surface area contributed by atoms with E-state index >= 15 is 0 Å². The zero-order valence-electron chi connectivity index (χ0n) is 17.5. The molecule has 1 fully saturated rings. The van der Waals surface area contributed by atoms with E-state index in [9.17, 15) is 4.79 Å². The lowest BCUT2D eigenvalue weighted by molar-refractivity contribution is 0.148. The van der Waals surface area contributed by atoms with Gasteiger partial charge in [0.1, 0.15) is 5.82 Å². The molecule has 0 saturated carbocycles. The summed E-state index contributed by atoms with van der Waals surface area (Å²) in [5.74, 6) is 2.26. The molecule has 7 heteroatoms. The number of nitrogens with zero attached hydrogens (tertiary/aromatic N) is 2. The van der Waals surface area contributed by atoms with Crippen LogP contribution in [0.25, 0.3) is 11.0 Å². The Labute approximate surface area is 176 Å². The van der Waals surface area contributed by atoms with Gasteiger partial charge in [-0.1, -0.05) is 18.2 Å². The number of fused-ring (bicyclic) bond motifs is 1. The Bertz CT molecular complexity index is 984. The highest BCUT2D eigenvalue weighted by Crippen LogP contribution is 2.31. The maximum absolute atomic E-state index is 12.9. The summed E-state index contributed by atoms with van der Waals surface area (Å²) in [7, 11) is 3.24. The summed E-state index contributed by atoms with van der Waals surface area (Å²) in [6, 6.07) is 13.7. The molecule has 3 aromatic rings. The fourth-order valence-electron chi connectivity index (χ4n) is 4.04. The third-order valence-corrected chi connectivity index (χ3v) is 5.62. The van der Waals surface area contributed by atoms with E-state index in [1.54, 1.807) is 14.2 Å². The minimum absolute atomic E-state index is 0.0211. The largest absolute Gasteiger partial charge is 0.493 e. The van der Waals surface area contributed by atoms with E-state index < -0.39 is 0 Å². The van der Waals surface area contributed by atoms with Crippen molar-refractivity contribution in [2.75, 3.05) is 27.3 Å². The van der Waals surface area contributed by atoms with Crippen molar-refractivity contribution in [2.24, 2.45) is 0 Å². The number of H-pyrrole nitrogens is 1. The number of methoxy groups -OCH3 is 2. The number of amides is 2. The molecule has 0 aliphatic carbocycles. The molecule has 30 heavy (non-hydrogen) atoms. The molecule has 1 saturated heterocycles. The molecule has 158 valence electrons. The molecule has 4 rings (SSSR count). The van der Waals surface area contributed by atoms with Gasteiger partial charge in [0.25, 0.3) is 0 Å². The lowest BCUT2D eigenvalue weighted by atomic mass is 10.0. The number of para-hydroxylation sites is 2. The van der Waals surface area contributed by atoms with Gasteiger partial charge in [-0.15, -0.1) is 0 Å². The fourth-order valence-corrected chi connectivity index (χ4v) is 4.04. The van der Waals surface area contributed by atoms with E-state index in [0.29, 0.717) is 18.0 Å². The Morgan fingerprint density at radius 3 is 2.80 bits per heavy atom. The monoisotopic (exact) mass is 408 g/mol. The maximum atomic E-state index is 12.9. The molecule has 0 spiro atoms. The van der Waals surface area contributed by atoms with E-state index in [2.05, 4.69) is 10.3 Å². The molecule has 1 aliphatic heterocycles. The van der Waals surface area contributed by atoms with Gasteiger partial charge in [-0.25, -0.2) is 9.78 Å². The highest BCUT2D eigenvalue weighted by atomic mass is 16.5. The van der Waals surface area contributed by atoms with Crippen LogP contribution in [0.1, 0.15) is 36.7 Å². The molecule has 7 nitrogen and oxygen atoms in total. The van der Waals surface area contributed by atoms with Gasteiger partial charge in [0.15, 0.2) is 11.5 Å². The number of piperidine rings is 1. The van der Waals surface area contributed by atoms with Crippen LogP contribution in [0.5, 0.6) is 11.5 Å². The summed E-state index contributed by atoms with van der Waals surface area (Å²) in [4.78, 5) is 23.0. The Balaban J connectivity index is 1.40. The van der Waals surface area contributed by atoms with Crippen molar-refractivity contribution in [3.8, 4) is 11.5 Å². The molecule has 2 N–H and O–H groups in total. The smallest absolute Gasteiger partial charge is 0.318 e. The molecule has 2 amide bonds. The molecule has 1 aromatic heterocycles. The van der Waals surface area contributed by atoms with Crippen molar-refractivity contribution in [1.82, 2.24) is 20.2 Å². The van der Waals surface area contributed by atoms with Crippen LogP contribution in [-0.4, -0.2) is 48.2 Å². The van der Waals surface area contributed by atoms with Gasteiger partial charge < -0.3 is 24.7 Å². The topological polar surface area (TPSA) is 79.5 Å².